The van der Waals surface area contributed by atoms with Crippen molar-refractivity contribution in [2.75, 3.05) is 10.6 Å². The van der Waals surface area contributed by atoms with Crippen LogP contribution in [0.3, 0.4) is 0 Å². The Kier molecular flexibility index (Phi) is 4.29. The van der Waals surface area contributed by atoms with Crippen molar-refractivity contribution in [3.63, 3.8) is 0 Å². The molecule has 1 aliphatic rings. The third-order valence-electron chi connectivity index (χ3n) is 3.43. The lowest BCUT2D eigenvalue weighted by Gasteiger charge is -2.23. The van der Waals surface area contributed by atoms with Gasteiger partial charge in [-0.3, -0.25) is 9.59 Å². The zero-order chi connectivity index (χ0) is 16.4. The fourth-order valence-electron chi connectivity index (χ4n) is 2.24. The van der Waals surface area contributed by atoms with Crippen molar-refractivity contribution >= 4 is 34.0 Å². The quantitative estimate of drug-likeness (QED) is 0.901. The van der Waals surface area contributed by atoms with Crippen LogP contribution in [0.2, 0.25) is 0 Å². The van der Waals surface area contributed by atoms with E-state index in [1.54, 1.807) is 6.92 Å². The number of carbonyl (C=O) groups is 2. The van der Waals surface area contributed by atoms with Crippen molar-refractivity contribution in [2.24, 2.45) is 0 Å². The van der Waals surface area contributed by atoms with Crippen molar-refractivity contribution in [2.45, 2.75) is 32.8 Å². The number of hydrogen-bond acceptors (Lipinski definition) is 5. The zero-order valence-corrected chi connectivity index (χ0v) is 13.7. The van der Waals surface area contributed by atoms with Crippen LogP contribution in [0.1, 0.15) is 26.7 Å². The van der Waals surface area contributed by atoms with E-state index in [0.29, 0.717) is 23.0 Å². The summed E-state index contributed by atoms with van der Waals surface area (Å²) in [5.41, 5.74) is 2.24. The molecule has 6 nitrogen and oxygen atoms in total. The molecule has 1 aliphatic heterocycles. The van der Waals surface area contributed by atoms with E-state index in [1.165, 1.54) is 11.3 Å². The van der Waals surface area contributed by atoms with Crippen molar-refractivity contribution < 1.29 is 14.3 Å². The van der Waals surface area contributed by atoms with Gasteiger partial charge in [0, 0.05) is 17.4 Å². The van der Waals surface area contributed by atoms with Gasteiger partial charge in [0.15, 0.2) is 11.2 Å². The molecule has 0 fully saturated rings. The van der Waals surface area contributed by atoms with E-state index in [-0.39, 0.29) is 11.8 Å². The molecule has 7 heteroatoms. The minimum absolute atomic E-state index is 0.0338. The second kappa shape index (κ2) is 6.37. The molecule has 23 heavy (non-hydrogen) atoms. The molecule has 2 amide bonds. The Morgan fingerprint density at radius 1 is 1.48 bits per heavy atom. The minimum atomic E-state index is -0.493. The molecule has 0 spiro atoms. The molecule has 0 bridgehead atoms. The monoisotopic (exact) mass is 331 g/mol. The maximum Gasteiger partial charge on any atom is 0.265 e. The smallest absolute Gasteiger partial charge is 0.265 e. The summed E-state index contributed by atoms with van der Waals surface area (Å²) in [5, 5.41) is 8.05. The number of fused-ring (bicyclic) bond motifs is 1. The van der Waals surface area contributed by atoms with Gasteiger partial charge in [-0.25, -0.2) is 4.98 Å². The molecular formula is C16H17N3O3S. The largest absolute Gasteiger partial charge is 0.479 e. The van der Waals surface area contributed by atoms with Gasteiger partial charge in [-0.1, -0.05) is 6.92 Å². The lowest BCUT2D eigenvalue weighted by Crippen LogP contribution is -2.34. The number of nitrogens with one attached hydrogen (secondary N) is 2. The second-order valence-corrected chi connectivity index (χ2v) is 6.15. The molecule has 120 valence electrons. The molecule has 0 aliphatic carbocycles. The number of aromatic nitrogens is 1. The molecule has 1 aromatic carbocycles. The van der Waals surface area contributed by atoms with Crippen LogP contribution in [-0.4, -0.2) is 22.9 Å². The highest BCUT2D eigenvalue weighted by Gasteiger charge is 2.23. The van der Waals surface area contributed by atoms with Gasteiger partial charge in [-0.05, 0) is 31.5 Å². The summed E-state index contributed by atoms with van der Waals surface area (Å²) < 4.78 is 5.53. The number of benzene rings is 1. The van der Waals surface area contributed by atoms with E-state index < -0.39 is 6.10 Å². The Morgan fingerprint density at radius 2 is 2.30 bits per heavy atom. The van der Waals surface area contributed by atoms with E-state index in [0.717, 1.165) is 17.7 Å². The molecule has 1 aromatic heterocycles. The zero-order valence-electron chi connectivity index (χ0n) is 12.9. The minimum Gasteiger partial charge on any atom is -0.479 e. The molecule has 2 N–H and O–H groups in total. The standard InChI is InChI=1S/C16H17N3O3S/c1-3-4-14(20)19-16-18-12(8-23-16)10-5-6-13-11(7-10)17-15(21)9(2)22-13/h5-9H,3-4H2,1-2H3,(H,17,21)(H,18,19,20). The Hall–Kier alpha value is -2.41. The van der Waals surface area contributed by atoms with E-state index in [2.05, 4.69) is 15.6 Å². The van der Waals surface area contributed by atoms with Gasteiger partial charge in [-0.15, -0.1) is 11.3 Å². The van der Waals surface area contributed by atoms with Crippen LogP contribution in [-0.2, 0) is 9.59 Å². The normalized spacial score (nSPS) is 16.3. The number of hydrogen-bond donors (Lipinski definition) is 2. The van der Waals surface area contributed by atoms with E-state index in [4.69, 9.17) is 4.74 Å². The third kappa shape index (κ3) is 3.34. The Labute approximate surface area is 137 Å². The van der Waals surface area contributed by atoms with Crippen LogP contribution >= 0.6 is 11.3 Å². The summed E-state index contributed by atoms with van der Waals surface area (Å²) in [4.78, 5) is 27.7. The van der Waals surface area contributed by atoms with E-state index >= 15 is 0 Å². The third-order valence-corrected chi connectivity index (χ3v) is 4.19. The summed E-state index contributed by atoms with van der Waals surface area (Å²) in [7, 11) is 0. The maximum absolute atomic E-state index is 11.7. The Morgan fingerprint density at radius 3 is 3.09 bits per heavy atom. The highest BCUT2D eigenvalue weighted by Crippen LogP contribution is 2.34. The summed E-state index contributed by atoms with van der Waals surface area (Å²) in [5.74, 6) is 0.446. The summed E-state index contributed by atoms with van der Waals surface area (Å²) in [6.45, 7) is 3.66. The first kappa shape index (κ1) is 15.5. The number of carbonyl (C=O) groups excluding carboxylic acids is 2. The van der Waals surface area contributed by atoms with Gasteiger partial charge in [0.2, 0.25) is 5.91 Å². The first-order valence-electron chi connectivity index (χ1n) is 7.44. The first-order valence-corrected chi connectivity index (χ1v) is 8.32. The van der Waals surface area contributed by atoms with Crippen molar-refractivity contribution in [1.29, 1.82) is 0 Å². The molecule has 2 aromatic rings. The Bertz CT molecular complexity index is 757. The lowest BCUT2D eigenvalue weighted by atomic mass is 10.1. The number of rotatable bonds is 4. The van der Waals surface area contributed by atoms with Gasteiger partial charge in [-0.2, -0.15) is 0 Å². The summed E-state index contributed by atoms with van der Waals surface area (Å²) >= 11 is 1.38. The second-order valence-electron chi connectivity index (χ2n) is 5.30. The number of ether oxygens (including phenoxy) is 1. The van der Waals surface area contributed by atoms with Gasteiger partial charge < -0.3 is 15.4 Å². The van der Waals surface area contributed by atoms with Gasteiger partial charge in [0.1, 0.15) is 5.75 Å². The highest BCUT2D eigenvalue weighted by atomic mass is 32.1. The van der Waals surface area contributed by atoms with Crippen LogP contribution in [0.4, 0.5) is 10.8 Å². The van der Waals surface area contributed by atoms with Gasteiger partial charge in [0.05, 0.1) is 11.4 Å². The number of anilines is 2. The lowest BCUT2D eigenvalue weighted by molar-refractivity contribution is -0.122. The molecular weight excluding hydrogens is 314 g/mol. The van der Waals surface area contributed by atoms with Crippen LogP contribution in [0.25, 0.3) is 11.3 Å². The highest BCUT2D eigenvalue weighted by molar-refractivity contribution is 7.14. The van der Waals surface area contributed by atoms with E-state index in [9.17, 15) is 9.59 Å². The molecule has 1 unspecified atom stereocenters. The summed E-state index contributed by atoms with van der Waals surface area (Å²) in [6, 6.07) is 5.52. The van der Waals surface area contributed by atoms with Crippen molar-refractivity contribution in [1.82, 2.24) is 4.98 Å². The van der Waals surface area contributed by atoms with Crippen LogP contribution in [0, 0.1) is 0 Å². The molecule has 0 radical (unpaired) electrons. The fourth-order valence-corrected chi connectivity index (χ4v) is 2.98. The molecule has 1 atom stereocenters. The molecule has 2 heterocycles. The van der Waals surface area contributed by atoms with Crippen molar-refractivity contribution in [3.8, 4) is 17.0 Å². The first-order chi connectivity index (χ1) is 11.1. The SMILES string of the molecule is CCCC(=O)Nc1nc(-c2ccc3c(c2)NC(=O)C(C)O3)cs1. The molecule has 0 saturated carbocycles. The molecule has 0 saturated heterocycles. The topological polar surface area (TPSA) is 80.3 Å². The maximum atomic E-state index is 11.7. The summed E-state index contributed by atoms with van der Waals surface area (Å²) in [6.07, 6.45) is 0.787. The molecule has 3 rings (SSSR count). The van der Waals surface area contributed by atoms with Crippen molar-refractivity contribution in [3.05, 3.63) is 23.6 Å². The predicted octanol–water partition coefficient (Wildman–Crippen LogP) is 3.27. The number of thiazole rings is 1. The van der Waals surface area contributed by atoms with Crippen LogP contribution in [0.15, 0.2) is 23.6 Å². The predicted molar refractivity (Wildman–Crippen MR) is 89.8 cm³/mol. The average molecular weight is 331 g/mol. The van der Waals surface area contributed by atoms with Gasteiger partial charge >= 0.3 is 0 Å². The van der Waals surface area contributed by atoms with Crippen LogP contribution < -0.4 is 15.4 Å². The van der Waals surface area contributed by atoms with E-state index in [1.807, 2.05) is 30.5 Å². The van der Waals surface area contributed by atoms with Gasteiger partial charge in [0.25, 0.3) is 5.91 Å². The Balaban J connectivity index is 1.80. The number of amides is 2. The fraction of sp³-hybridized carbons (Fsp3) is 0.312. The average Bonchev–Trinajstić information content (AvgIpc) is 2.96. The number of nitrogens with zero attached hydrogens (tertiary/aromatic N) is 1. The van der Waals surface area contributed by atoms with Crippen LogP contribution in [0.5, 0.6) is 5.75 Å².